The van der Waals surface area contributed by atoms with Gasteiger partial charge in [-0.25, -0.2) is 0 Å². The Kier molecular flexibility index (Phi) is 7.35. The molecule has 0 aromatic rings. The molecule has 128 valence electrons. The minimum Gasteiger partial charge on any atom is -0.353 e. The minimum atomic E-state index is -0.723. The highest BCUT2D eigenvalue weighted by atomic mass is 32.2. The largest absolute Gasteiger partial charge is 0.353 e. The summed E-state index contributed by atoms with van der Waals surface area (Å²) in [5.74, 6) is 1.99. The predicted octanol–water partition coefficient (Wildman–Crippen LogP) is 2.21. The molecule has 2 rings (SSSR count). The summed E-state index contributed by atoms with van der Waals surface area (Å²) < 4.78 is 12.0. The van der Waals surface area contributed by atoms with Gasteiger partial charge in [0.25, 0.3) is 0 Å². The molecule has 1 saturated heterocycles. The highest BCUT2D eigenvalue weighted by Gasteiger charge is 2.28. The molecule has 5 atom stereocenters. The fourth-order valence-electron chi connectivity index (χ4n) is 3.86. The van der Waals surface area contributed by atoms with Gasteiger partial charge in [0.2, 0.25) is 5.91 Å². The van der Waals surface area contributed by atoms with E-state index in [1.165, 1.54) is 12.8 Å². The van der Waals surface area contributed by atoms with E-state index in [1.54, 1.807) is 0 Å². The molecule has 1 aliphatic heterocycles. The van der Waals surface area contributed by atoms with Gasteiger partial charge in [0, 0.05) is 34.3 Å². The molecule has 2 fully saturated rings. The molecule has 4 nitrogen and oxygen atoms in total. The van der Waals surface area contributed by atoms with E-state index in [4.69, 9.17) is 0 Å². The van der Waals surface area contributed by atoms with Crippen LogP contribution in [-0.4, -0.2) is 40.3 Å². The number of rotatable bonds is 6. The Morgan fingerprint density at radius 1 is 1.32 bits per heavy atom. The summed E-state index contributed by atoms with van der Waals surface area (Å²) in [6.07, 6.45) is 7.17. The van der Waals surface area contributed by atoms with Gasteiger partial charge in [0.1, 0.15) is 0 Å². The summed E-state index contributed by atoms with van der Waals surface area (Å²) in [4.78, 5) is 12.3. The van der Waals surface area contributed by atoms with Crippen molar-refractivity contribution in [2.75, 3.05) is 18.8 Å². The number of carbonyl (C=O) groups excluding carboxylic acids is 1. The van der Waals surface area contributed by atoms with Gasteiger partial charge < -0.3 is 10.6 Å². The molecule has 1 saturated carbocycles. The maximum Gasteiger partial charge on any atom is 0.220 e. The van der Waals surface area contributed by atoms with Gasteiger partial charge in [-0.3, -0.25) is 9.00 Å². The van der Waals surface area contributed by atoms with Crippen LogP contribution in [-0.2, 0) is 15.6 Å². The molecule has 0 spiro atoms. The minimum absolute atomic E-state index is 0.186. The van der Waals surface area contributed by atoms with E-state index in [0.717, 1.165) is 44.5 Å². The maximum absolute atomic E-state index is 12.3. The van der Waals surface area contributed by atoms with Crippen LogP contribution in [0.25, 0.3) is 0 Å². The Bertz CT molecular complexity index is 383. The molecule has 1 heterocycles. The lowest BCUT2D eigenvalue weighted by molar-refractivity contribution is -0.123. The summed E-state index contributed by atoms with van der Waals surface area (Å²) in [7, 11) is -0.723. The van der Waals surface area contributed by atoms with Crippen LogP contribution in [0.1, 0.15) is 58.8 Å². The molecule has 5 heteroatoms. The van der Waals surface area contributed by atoms with Gasteiger partial charge in [-0.2, -0.15) is 0 Å². The highest BCUT2D eigenvalue weighted by Crippen LogP contribution is 2.25. The second kappa shape index (κ2) is 9.02. The molecule has 2 N–H and O–H groups in total. The molecule has 22 heavy (non-hydrogen) atoms. The average molecular weight is 329 g/mol. The third-order valence-corrected chi connectivity index (χ3v) is 7.04. The Hall–Kier alpha value is -0.420. The zero-order chi connectivity index (χ0) is 15.9. The summed E-state index contributed by atoms with van der Waals surface area (Å²) in [5.41, 5.74) is 0. The average Bonchev–Trinajstić information content (AvgIpc) is 2.55. The Morgan fingerprint density at radius 2 is 2.14 bits per heavy atom. The van der Waals surface area contributed by atoms with E-state index in [-0.39, 0.29) is 17.2 Å². The van der Waals surface area contributed by atoms with Crippen LogP contribution in [0.3, 0.4) is 0 Å². The van der Waals surface area contributed by atoms with Crippen molar-refractivity contribution in [3.63, 3.8) is 0 Å². The molecule has 0 aromatic carbocycles. The van der Waals surface area contributed by atoms with Gasteiger partial charge in [0.05, 0.1) is 0 Å². The van der Waals surface area contributed by atoms with Gasteiger partial charge in [0.15, 0.2) is 0 Å². The van der Waals surface area contributed by atoms with Crippen molar-refractivity contribution in [3.8, 4) is 0 Å². The Balaban J connectivity index is 1.75. The van der Waals surface area contributed by atoms with Gasteiger partial charge in [-0.15, -0.1) is 0 Å². The van der Waals surface area contributed by atoms with E-state index >= 15 is 0 Å². The van der Waals surface area contributed by atoms with Crippen molar-refractivity contribution in [2.45, 2.75) is 70.1 Å². The monoisotopic (exact) mass is 328 g/mol. The molecular formula is C17H32N2O2S. The first-order chi connectivity index (χ1) is 10.6. The first-order valence-corrected chi connectivity index (χ1v) is 10.4. The van der Waals surface area contributed by atoms with E-state index < -0.39 is 10.8 Å². The molecular weight excluding hydrogens is 296 g/mol. The SMILES string of the molecule is CCS(=O)C1CCCC(NC(=O)CC(C)C2CCCNC2)C1. The lowest BCUT2D eigenvalue weighted by Gasteiger charge is -2.31. The van der Waals surface area contributed by atoms with Gasteiger partial charge in [-0.1, -0.05) is 20.3 Å². The normalized spacial score (nSPS) is 32.2. The predicted molar refractivity (Wildman–Crippen MR) is 92.2 cm³/mol. The third kappa shape index (κ3) is 5.34. The molecule has 1 aliphatic carbocycles. The van der Waals surface area contributed by atoms with Gasteiger partial charge >= 0.3 is 0 Å². The molecule has 0 radical (unpaired) electrons. The second-order valence-corrected chi connectivity index (χ2v) is 9.02. The number of carbonyl (C=O) groups is 1. The van der Waals surface area contributed by atoms with Crippen LogP contribution in [0, 0.1) is 11.8 Å². The fourth-order valence-corrected chi connectivity index (χ4v) is 5.21. The van der Waals surface area contributed by atoms with Crippen LogP contribution >= 0.6 is 0 Å². The molecule has 0 bridgehead atoms. The van der Waals surface area contributed by atoms with Crippen LogP contribution in [0.15, 0.2) is 0 Å². The van der Waals surface area contributed by atoms with Crippen molar-refractivity contribution in [1.82, 2.24) is 10.6 Å². The zero-order valence-electron chi connectivity index (χ0n) is 14.1. The number of nitrogens with one attached hydrogen (secondary N) is 2. The second-order valence-electron chi connectivity index (χ2n) is 7.01. The molecule has 1 amide bonds. The summed E-state index contributed by atoms with van der Waals surface area (Å²) >= 11 is 0. The zero-order valence-corrected chi connectivity index (χ0v) is 14.9. The maximum atomic E-state index is 12.3. The van der Waals surface area contributed by atoms with Crippen LogP contribution in [0.4, 0.5) is 0 Å². The summed E-state index contributed by atoms with van der Waals surface area (Å²) in [5, 5.41) is 6.92. The first kappa shape index (κ1) is 17.9. The topological polar surface area (TPSA) is 58.2 Å². The van der Waals surface area contributed by atoms with E-state index in [9.17, 15) is 9.00 Å². The third-order valence-electron chi connectivity index (χ3n) is 5.29. The van der Waals surface area contributed by atoms with Crippen molar-refractivity contribution >= 4 is 16.7 Å². The quantitative estimate of drug-likeness (QED) is 0.786. The number of hydrogen-bond donors (Lipinski definition) is 2. The smallest absolute Gasteiger partial charge is 0.220 e. The number of piperidine rings is 1. The van der Waals surface area contributed by atoms with Crippen LogP contribution in [0.2, 0.25) is 0 Å². The molecule has 2 aliphatic rings. The van der Waals surface area contributed by atoms with Crippen molar-refractivity contribution in [2.24, 2.45) is 11.8 Å². The fraction of sp³-hybridized carbons (Fsp3) is 0.941. The van der Waals surface area contributed by atoms with Crippen LogP contribution in [0.5, 0.6) is 0 Å². The Morgan fingerprint density at radius 3 is 2.82 bits per heavy atom. The highest BCUT2D eigenvalue weighted by molar-refractivity contribution is 7.85. The van der Waals surface area contributed by atoms with Crippen molar-refractivity contribution in [1.29, 1.82) is 0 Å². The van der Waals surface area contributed by atoms with E-state index in [0.29, 0.717) is 18.3 Å². The lowest BCUT2D eigenvalue weighted by atomic mass is 9.85. The van der Waals surface area contributed by atoms with Gasteiger partial charge in [-0.05, 0) is 57.0 Å². The van der Waals surface area contributed by atoms with Crippen molar-refractivity contribution < 1.29 is 9.00 Å². The lowest BCUT2D eigenvalue weighted by Crippen LogP contribution is -2.42. The van der Waals surface area contributed by atoms with E-state index in [2.05, 4.69) is 17.6 Å². The van der Waals surface area contributed by atoms with Crippen molar-refractivity contribution in [3.05, 3.63) is 0 Å². The number of amides is 1. The Labute approximate surface area is 137 Å². The van der Waals surface area contributed by atoms with Crippen LogP contribution < -0.4 is 10.6 Å². The first-order valence-electron chi connectivity index (χ1n) is 8.97. The standard InChI is InChI=1S/C17H32N2O2S/c1-3-22(21)16-8-4-7-15(11-16)19-17(20)10-13(2)14-6-5-9-18-12-14/h13-16,18H,3-12H2,1-2H3,(H,19,20). The summed E-state index contributed by atoms with van der Waals surface area (Å²) in [6.45, 7) is 6.36. The molecule has 5 unspecified atom stereocenters. The summed E-state index contributed by atoms with van der Waals surface area (Å²) in [6, 6.07) is 0.235. The van der Waals surface area contributed by atoms with E-state index in [1.807, 2.05) is 6.92 Å². The number of hydrogen-bond acceptors (Lipinski definition) is 3. The molecule has 0 aromatic heterocycles.